The van der Waals surface area contributed by atoms with Crippen LogP contribution in [0.15, 0.2) is 0 Å². The third-order valence-corrected chi connectivity index (χ3v) is 2.01. The van der Waals surface area contributed by atoms with Crippen LogP contribution in [-0.4, -0.2) is 9.97 Å². The fourth-order valence-electron chi connectivity index (χ4n) is 1.49. The summed E-state index contributed by atoms with van der Waals surface area (Å²) in [5.74, 6) is 0.880. The predicted octanol–water partition coefficient (Wildman–Crippen LogP) is 0.697. The average molecular weight is 149 g/mol. The molecule has 2 rings (SSSR count). The number of nitrogens with zero attached hydrogens (tertiary/aromatic N) is 2. The Morgan fingerprint density at radius 2 is 2.00 bits per heavy atom. The Labute approximate surface area is 65.9 Å². The minimum atomic E-state index is 0.880. The second-order valence-corrected chi connectivity index (χ2v) is 2.89. The molecule has 0 radical (unpaired) electrons. The van der Waals surface area contributed by atoms with Crippen LogP contribution in [0.25, 0.3) is 0 Å². The van der Waals surface area contributed by atoms with Crippen molar-refractivity contribution >= 4 is 0 Å². The van der Waals surface area contributed by atoms with Gasteiger partial charge < -0.3 is 5.32 Å². The number of aromatic nitrogens is 2. The maximum absolute atomic E-state index is 4.34. The first-order chi connectivity index (χ1) is 5.27. The molecule has 3 heteroatoms. The number of fused-ring (bicyclic) bond motifs is 1. The summed E-state index contributed by atoms with van der Waals surface area (Å²) in [7, 11) is 0. The summed E-state index contributed by atoms with van der Waals surface area (Å²) in [4.78, 5) is 8.64. The Morgan fingerprint density at radius 1 is 1.18 bits per heavy atom. The van der Waals surface area contributed by atoms with E-state index in [4.69, 9.17) is 0 Å². The van der Waals surface area contributed by atoms with Crippen LogP contribution in [0.2, 0.25) is 0 Å². The van der Waals surface area contributed by atoms with Crippen molar-refractivity contribution < 1.29 is 0 Å². The van der Waals surface area contributed by atoms with E-state index in [2.05, 4.69) is 15.3 Å². The molecular formula is C8H11N3. The molecule has 11 heavy (non-hydrogen) atoms. The van der Waals surface area contributed by atoms with Crippen molar-refractivity contribution in [1.82, 2.24) is 15.3 Å². The lowest BCUT2D eigenvalue weighted by molar-refractivity contribution is 0.756. The Morgan fingerprint density at radius 3 is 2.82 bits per heavy atom. The Kier molecular flexibility index (Phi) is 1.39. The van der Waals surface area contributed by atoms with Crippen molar-refractivity contribution in [3.63, 3.8) is 0 Å². The summed E-state index contributed by atoms with van der Waals surface area (Å²) < 4.78 is 0. The number of hydrogen-bond acceptors (Lipinski definition) is 3. The fourth-order valence-corrected chi connectivity index (χ4v) is 1.49. The van der Waals surface area contributed by atoms with E-state index in [1.807, 2.05) is 13.8 Å². The molecule has 0 fully saturated rings. The van der Waals surface area contributed by atoms with E-state index < -0.39 is 0 Å². The van der Waals surface area contributed by atoms with Gasteiger partial charge in [-0.2, -0.15) is 0 Å². The van der Waals surface area contributed by atoms with Crippen molar-refractivity contribution in [2.75, 3.05) is 0 Å². The maximum Gasteiger partial charge on any atom is 0.125 e. The predicted molar refractivity (Wildman–Crippen MR) is 42.0 cm³/mol. The third kappa shape index (κ3) is 1.01. The zero-order valence-corrected chi connectivity index (χ0v) is 6.81. The Hall–Kier alpha value is -0.960. The van der Waals surface area contributed by atoms with Crippen molar-refractivity contribution in [2.24, 2.45) is 0 Å². The summed E-state index contributed by atoms with van der Waals surface area (Å²) in [5, 5.41) is 3.25. The maximum atomic E-state index is 4.34. The van der Waals surface area contributed by atoms with Crippen molar-refractivity contribution in [1.29, 1.82) is 0 Å². The summed E-state index contributed by atoms with van der Waals surface area (Å²) in [5.41, 5.74) is 3.59. The summed E-state index contributed by atoms with van der Waals surface area (Å²) >= 11 is 0. The minimum absolute atomic E-state index is 0.880. The highest BCUT2D eigenvalue weighted by atomic mass is 15.0. The number of rotatable bonds is 0. The van der Waals surface area contributed by atoms with Gasteiger partial charge in [-0.25, -0.2) is 9.97 Å². The van der Waals surface area contributed by atoms with E-state index in [0.717, 1.165) is 24.6 Å². The molecule has 0 atom stereocenters. The van der Waals surface area contributed by atoms with Crippen LogP contribution in [0.3, 0.4) is 0 Å². The standard InChI is InChI=1S/C8H11N3/c1-5-7-3-9-4-8(7)11-6(2)10-5/h9H,3-4H2,1-2H3. The largest absolute Gasteiger partial charge is 0.307 e. The van der Waals surface area contributed by atoms with E-state index in [0.29, 0.717) is 0 Å². The lowest BCUT2D eigenvalue weighted by Crippen LogP contribution is -2.00. The monoisotopic (exact) mass is 149 g/mol. The zero-order chi connectivity index (χ0) is 7.84. The van der Waals surface area contributed by atoms with Crippen LogP contribution in [0.5, 0.6) is 0 Å². The summed E-state index contributed by atoms with van der Waals surface area (Å²) in [6.07, 6.45) is 0. The average Bonchev–Trinajstić information content (AvgIpc) is 2.34. The molecule has 1 N–H and O–H groups in total. The molecule has 2 heterocycles. The molecule has 1 aliphatic heterocycles. The van der Waals surface area contributed by atoms with Gasteiger partial charge in [0.25, 0.3) is 0 Å². The fraction of sp³-hybridized carbons (Fsp3) is 0.500. The normalized spacial score (nSPS) is 15.1. The molecule has 58 valence electrons. The first-order valence-electron chi connectivity index (χ1n) is 3.81. The van der Waals surface area contributed by atoms with Gasteiger partial charge in [0.1, 0.15) is 5.82 Å². The summed E-state index contributed by atoms with van der Waals surface area (Å²) in [6.45, 7) is 5.81. The number of aryl methyl sites for hydroxylation is 2. The molecular weight excluding hydrogens is 138 g/mol. The van der Waals surface area contributed by atoms with Crippen molar-refractivity contribution in [3.05, 3.63) is 22.8 Å². The second-order valence-electron chi connectivity index (χ2n) is 2.89. The highest BCUT2D eigenvalue weighted by Crippen LogP contribution is 2.15. The van der Waals surface area contributed by atoms with Crippen LogP contribution >= 0.6 is 0 Å². The van der Waals surface area contributed by atoms with Crippen LogP contribution in [0, 0.1) is 13.8 Å². The Bertz CT molecular complexity index is 294. The van der Waals surface area contributed by atoms with E-state index in [1.54, 1.807) is 0 Å². The SMILES string of the molecule is Cc1nc(C)c2c(n1)CNC2. The van der Waals surface area contributed by atoms with Crippen molar-refractivity contribution in [3.8, 4) is 0 Å². The number of nitrogens with one attached hydrogen (secondary N) is 1. The van der Waals surface area contributed by atoms with Crippen LogP contribution < -0.4 is 5.32 Å². The zero-order valence-electron chi connectivity index (χ0n) is 6.81. The topological polar surface area (TPSA) is 37.8 Å². The lowest BCUT2D eigenvalue weighted by atomic mass is 10.2. The van der Waals surface area contributed by atoms with Gasteiger partial charge >= 0.3 is 0 Å². The second kappa shape index (κ2) is 2.27. The van der Waals surface area contributed by atoms with Crippen LogP contribution in [0.1, 0.15) is 22.8 Å². The van der Waals surface area contributed by atoms with Gasteiger partial charge in [0.15, 0.2) is 0 Å². The molecule has 0 spiro atoms. The van der Waals surface area contributed by atoms with Crippen molar-refractivity contribution in [2.45, 2.75) is 26.9 Å². The molecule has 0 saturated heterocycles. The smallest absolute Gasteiger partial charge is 0.125 e. The highest BCUT2D eigenvalue weighted by Gasteiger charge is 2.14. The van der Waals surface area contributed by atoms with Gasteiger partial charge in [0.05, 0.1) is 5.69 Å². The molecule has 0 bridgehead atoms. The van der Waals surface area contributed by atoms with E-state index >= 15 is 0 Å². The third-order valence-electron chi connectivity index (χ3n) is 2.01. The van der Waals surface area contributed by atoms with E-state index in [-0.39, 0.29) is 0 Å². The molecule has 0 saturated carbocycles. The number of hydrogen-bond donors (Lipinski definition) is 1. The molecule has 1 aromatic rings. The first kappa shape index (κ1) is 6.73. The van der Waals surface area contributed by atoms with Gasteiger partial charge in [0, 0.05) is 24.3 Å². The molecule has 1 aromatic heterocycles. The lowest BCUT2D eigenvalue weighted by Gasteiger charge is -2.01. The molecule has 1 aliphatic rings. The van der Waals surface area contributed by atoms with Gasteiger partial charge in [-0.15, -0.1) is 0 Å². The molecule has 0 unspecified atom stereocenters. The quantitative estimate of drug-likeness (QED) is 0.590. The highest BCUT2D eigenvalue weighted by molar-refractivity contribution is 5.27. The first-order valence-corrected chi connectivity index (χ1v) is 3.81. The van der Waals surface area contributed by atoms with Crippen LogP contribution in [0.4, 0.5) is 0 Å². The van der Waals surface area contributed by atoms with Crippen LogP contribution in [-0.2, 0) is 13.1 Å². The molecule has 0 aromatic carbocycles. The van der Waals surface area contributed by atoms with E-state index in [1.165, 1.54) is 11.3 Å². The van der Waals surface area contributed by atoms with Gasteiger partial charge in [0.2, 0.25) is 0 Å². The van der Waals surface area contributed by atoms with Gasteiger partial charge in [-0.05, 0) is 13.8 Å². The minimum Gasteiger partial charge on any atom is -0.307 e. The van der Waals surface area contributed by atoms with Gasteiger partial charge in [-0.1, -0.05) is 0 Å². The molecule has 3 nitrogen and oxygen atoms in total. The molecule has 0 aliphatic carbocycles. The summed E-state index contributed by atoms with van der Waals surface area (Å²) in [6, 6.07) is 0. The van der Waals surface area contributed by atoms with Gasteiger partial charge in [-0.3, -0.25) is 0 Å². The Balaban J connectivity index is 2.60. The van der Waals surface area contributed by atoms with E-state index in [9.17, 15) is 0 Å². The molecule has 0 amide bonds.